The van der Waals surface area contributed by atoms with Crippen molar-refractivity contribution in [2.75, 3.05) is 20.3 Å². The Hall–Kier alpha value is -3.52. The van der Waals surface area contributed by atoms with Gasteiger partial charge in [0.25, 0.3) is 17.4 Å². The summed E-state index contributed by atoms with van der Waals surface area (Å²) in [5, 5.41) is 21.9. The molecular formula is C22H22N2O6. The SMILES string of the molecule is COCCCN1C(=O)C(=O)/C(=C(/O)c2ccc(C)cc2)C1c1ccc([N+](=O)[O-])cc1. The standard InChI is InChI=1S/C22H22N2O6/c1-14-4-6-16(7-5-14)20(25)18-19(15-8-10-17(11-9-15)24(28)29)23(12-3-13-30-2)22(27)21(18)26/h4-11,19,25H,3,12-13H2,1-2H3/b20-18+. The lowest BCUT2D eigenvalue weighted by molar-refractivity contribution is -0.384. The Labute approximate surface area is 173 Å². The lowest BCUT2D eigenvalue weighted by atomic mass is 9.95. The van der Waals surface area contributed by atoms with E-state index in [4.69, 9.17) is 4.74 Å². The fourth-order valence-electron chi connectivity index (χ4n) is 3.48. The number of aliphatic hydroxyl groups excluding tert-OH is 1. The van der Waals surface area contributed by atoms with Crippen molar-refractivity contribution in [1.29, 1.82) is 0 Å². The van der Waals surface area contributed by atoms with Crippen molar-refractivity contribution in [2.45, 2.75) is 19.4 Å². The zero-order valence-corrected chi connectivity index (χ0v) is 16.7. The maximum Gasteiger partial charge on any atom is 0.295 e. The van der Waals surface area contributed by atoms with Gasteiger partial charge in [0.2, 0.25) is 0 Å². The first kappa shape index (κ1) is 21.2. The summed E-state index contributed by atoms with van der Waals surface area (Å²) in [4.78, 5) is 37.4. The van der Waals surface area contributed by atoms with E-state index in [1.165, 1.54) is 29.2 Å². The van der Waals surface area contributed by atoms with E-state index in [1.807, 2.05) is 6.92 Å². The smallest absolute Gasteiger partial charge is 0.295 e. The number of likely N-dealkylation sites (tertiary alicyclic amines) is 1. The van der Waals surface area contributed by atoms with Gasteiger partial charge in [0.1, 0.15) is 5.76 Å². The molecule has 1 heterocycles. The number of aliphatic hydroxyl groups is 1. The Kier molecular flexibility index (Phi) is 6.27. The number of nitro groups is 1. The molecule has 3 rings (SSSR count). The average molecular weight is 410 g/mol. The highest BCUT2D eigenvalue weighted by Gasteiger charge is 2.45. The van der Waals surface area contributed by atoms with Crippen LogP contribution in [0, 0.1) is 17.0 Å². The van der Waals surface area contributed by atoms with Crippen molar-refractivity contribution in [3.8, 4) is 0 Å². The molecule has 1 fully saturated rings. The maximum atomic E-state index is 12.8. The molecule has 0 aromatic heterocycles. The minimum Gasteiger partial charge on any atom is -0.507 e. The van der Waals surface area contributed by atoms with Crippen LogP contribution in [0.1, 0.15) is 29.2 Å². The molecule has 156 valence electrons. The summed E-state index contributed by atoms with van der Waals surface area (Å²) in [6, 6.07) is 11.7. The lowest BCUT2D eigenvalue weighted by Gasteiger charge is -2.25. The van der Waals surface area contributed by atoms with Crippen LogP contribution in [0.3, 0.4) is 0 Å². The Balaban J connectivity index is 2.11. The van der Waals surface area contributed by atoms with Crippen LogP contribution in [0.25, 0.3) is 5.76 Å². The molecule has 1 amide bonds. The Morgan fingerprint density at radius 2 is 1.77 bits per heavy atom. The maximum absolute atomic E-state index is 12.8. The van der Waals surface area contributed by atoms with Crippen molar-refractivity contribution >= 4 is 23.1 Å². The molecule has 8 heteroatoms. The van der Waals surface area contributed by atoms with Crippen LogP contribution in [-0.2, 0) is 14.3 Å². The second-order valence-electron chi connectivity index (χ2n) is 7.05. The number of nitro benzene ring substituents is 1. The second-order valence-corrected chi connectivity index (χ2v) is 7.05. The highest BCUT2D eigenvalue weighted by Crippen LogP contribution is 2.39. The van der Waals surface area contributed by atoms with Crippen LogP contribution in [0.4, 0.5) is 5.69 Å². The first-order chi connectivity index (χ1) is 14.3. The lowest BCUT2D eigenvalue weighted by Crippen LogP contribution is -2.31. The molecule has 0 aliphatic carbocycles. The molecule has 0 saturated carbocycles. The minimum atomic E-state index is -0.844. The number of Topliss-reactive ketones (excluding diaryl/α,β-unsaturated/α-hetero) is 1. The molecule has 1 aliphatic rings. The number of carbonyl (C=O) groups excluding carboxylic acids is 2. The summed E-state index contributed by atoms with van der Waals surface area (Å²) in [7, 11) is 1.54. The molecular weight excluding hydrogens is 388 g/mol. The van der Waals surface area contributed by atoms with Crippen molar-refractivity contribution in [3.05, 3.63) is 80.9 Å². The zero-order valence-electron chi connectivity index (χ0n) is 16.7. The number of benzene rings is 2. The number of carbonyl (C=O) groups is 2. The third-order valence-electron chi connectivity index (χ3n) is 5.03. The number of aryl methyl sites for hydroxylation is 1. The molecule has 2 aromatic carbocycles. The van der Waals surface area contributed by atoms with Crippen LogP contribution in [0.2, 0.25) is 0 Å². The third kappa shape index (κ3) is 4.08. The normalized spacial score (nSPS) is 18.1. The Morgan fingerprint density at radius 3 is 2.33 bits per heavy atom. The van der Waals surface area contributed by atoms with E-state index in [9.17, 15) is 24.8 Å². The van der Waals surface area contributed by atoms with E-state index in [1.54, 1.807) is 31.4 Å². The van der Waals surface area contributed by atoms with E-state index in [2.05, 4.69) is 0 Å². The average Bonchev–Trinajstić information content (AvgIpc) is 2.99. The van der Waals surface area contributed by atoms with Crippen molar-refractivity contribution in [2.24, 2.45) is 0 Å². The van der Waals surface area contributed by atoms with Crippen molar-refractivity contribution in [1.82, 2.24) is 4.90 Å². The summed E-state index contributed by atoms with van der Waals surface area (Å²) in [6.45, 7) is 2.54. The predicted molar refractivity (Wildman–Crippen MR) is 110 cm³/mol. The molecule has 1 aliphatic heterocycles. The minimum absolute atomic E-state index is 0.0323. The highest BCUT2D eigenvalue weighted by atomic mass is 16.6. The van der Waals surface area contributed by atoms with Crippen molar-refractivity contribution < 1.29 is 24.4 Å². The summed E-state index contributed by atoms with van der Waals surface area (Å²) in [5.74, 6) is -1.78. The number of nitrogens with zero attached hydrogens (tertiary/aromatic N) is 2. The molecule has 8 nitrogen and oxygen atoms in total. The molecule has 0 spiro atoms. The summed E-state index contributed by atoms with van der Waals surface area (Å²) >= 11 is 0. The molecule has 1 unspecified atom stereocenters. The van der Waals surface area contributed by atoms with E-state index in [0.717, 1.165) is 5.56 Å². The van der Waals surface area contributed by atoms with Crippen LogP contribution in [0.15, 0.2) is 54.1 Å². The number of ether oxygens (including phenoxy) is 1. The fraction of sp³-hybridized carbons (Fsp3) is 0.273. The number of hydrogen-bond acceptors (Lipinski definition) is 6. The number of non-ortho nitro benzene ring substituents is 1. The van der Waals surface area contributed by atoms with Gasteiger partial charge in [-0.15, -0.1) is 0 Å². The topological polar surface area (TPSA) is 110 Å². The monoisotopic (exact) mass is 410 g/mol. The summed E-state index contributed by atoms with van der Waals surface area (Å²) < 4.78 is 5.04. The van der Waals surface area contributed by atoms with Gasteiger partial charge in [-0.3, -0.25) is 19.7 Å². The summed E-state index contributed by atoms with van der Waals surface area (Å²) in [6.07, 6.45) is 0.498. The first-order valence-corrected chi connectivity index (χ1v) is 9.44. The van der Waals surface area contributed by atoms with Gasteiger partial charge in [0.05, 0.1) is 16.5 Å². The van der Waals surface area contributed by atoms with Gasteiger partial charge in [0, 0.05) is 38.0 Å². The van der Waals surface area contributed by atoms with Gasteiger partial charge in [-0.25, -0.2) is 0 Å². The zero-order chi connectivity index (χ0) is 21.8. The fourth-order valence-corrected chi connectivity index (χ4v) is 3.48. The van der Waals surface area contributed by atoms with E-state index in [0.29, 0.717) is 24.2 Å². The van der Waals surface area contributed by atoms with Crippen LogP contribution in [0.5, 0.6) is 0 Å². The van der Waals surface area contributed by atoms with Gasteiger partial charge in [-0.05, 0) is 31.0 Å². The van der Waals surface area contributed by atoms with Gasteiger partial charge >= 0.3 is 0 Å². The molecule has 1 N–H and O–H groups in total. The number of ketones is 1. The third-order valence-corrected chi connectivity index (χ3v) is 5.03. The largest absolute Gasteiger partial charge is 0.507 e. The van der Waals surface area contributed by atoms with E-state index in [-0.39, 0.29) is 23.6 Å². The number of rotatable bonds is 7. The van der Waals surface area contributed by atoms with Gasteiger partial charge in [-0.2, -0.15) is 0 Å². The first-order valence-electron chi connectivity index (χ1n) is 9.44. The van der Waals surface area contributed by atoms with Gasteiger partial charge in [0.15, 0.2) is 0 Å². The van der Waals surface area contributed by atoms with Crippen molar-refractivity contribution in [3.63, 3.8) is 0 Å². The Morgan fingerprint density at radius 1 is 1.13 bits per heavy atom. The van der Waals surface area contributed by atoms with Gasteiger partial charge in [-0.1, -0.05) is 29.8 Å². The van der Waals surface area contributed by atoms with Crippen LogP contribution >= 0.6 is 0 Å². The molecule has 1 saturated heterocycles. The molecule has 2 aromatic rings. The van der Waals surface area contributed by atoms with Gasteiger partial charge < -0.3 is 14.7 Å². The highest BCUT2D eigenvalue weighted by molar-refractivity contribution is 6.46. The number of hydrogen-bond donors (Lipinski definition) is 1. The Bertz CT molecular complexity index is 995. The number of amides is 1. The predicted octanol–water partition coefficient (Wildman–Crippen LogP) is 3.36. The molecule has 0 radical (unpaired) electrons. The number of methoxy groups -OCH3 is 1. The summed E-state index contributed by atoms with van der Waals surface area (Å²) in [5.41, 5.74) is 1.77. The molecule has 0 bridgehead atoms. The molecule has 1 atom stereocenters. The van der Waals surface area contributed by atoms with Crippen LogP contribution < -0.4 is 0 Å². The molecule has 30 heavy (non-hydrogen) atoms. The second kappa shape index (κ2) is 8.87. The van der Waals surface area contributed by atoms with E-state index < -0.39 is 22.7 Å². The van der Waals surface area contributed by atoms with E-state index >= 15 is 0 Å². The quantitative estimate of drug-likeness (QED) is 0.187. The van der Waals surface area contributed by atoms with Crippen LogP contribution in [-0.4, -0.2) is 46.9 Å².